The van der Waals surface area contributed by atoms with Crippen molar-refractivity contribution in [3.63, 3.8) is 0 Å². The summed E-state index contributed by atoms with van der Waals surface area (Å²) in [6.45, 7) is 6.44. The second-order valence-corrected chi connectivity index (χ2v) is 11.0. The number of nitrogens with zero attached hydrogens (tertiary/aromatic N) is 5. The van der Waals surface area contributed by atoms with Gasteiger partial charge in [-0.3, -0.25) is 9.69 Å². The second kappa shape index (κ2) is 13.8. The lowest BCUT2D eigenvalue weighted by molar-refractivity contribution is -0.122. The van der Waals surface area contributed by atoms with Crippen molar-refractivity contribution in [3.05, 3.63) is 54.7 Å². The van der Waals surface area contributed by atoms with E-state index >= 15 is 0 Å². The van der Waals surface area contributed by atoms with Crippen LogP contribution in [0.2, 0.25) is 0 Å². The van der Waals surface area contributed by atoms with Crippen LogP contribution in [0.3, 0.4) is 0 Å². The topological polar surface area (TPSA) is 117 Å². The standard InChI is InChI=1S/C30H37F3N8O2/c1-4-28(42)38-25-15-24(10-11-26(25)40-14-13-39(3)20(2)18-40)41(29(43)36-19-30(31,32)33)23-8-6-22(7-9-23)37-27-12-5-21(16-34)17-35-27/h4-5,10-12,15,17,20,22-23H,1,6-9,13-14,18-19H2,2-3H3,(H,35,37)(H,36,43)(H,38,42). The first-order valence-electron chi connectivity index (χ1n) is 14.3. The van der Waals surface area contributed by atoms with Crippen molar-refractivity contribution in [2.24, 2.45) is 0 Å². The lowest BCUT2D eigenvalue weighted by atomic mass is 9.89. The molecule has 4 rings (SSSR count). The Hall–Kier alpha value is -4.31. The van der Waals surface area contributed by atoms with Crippen molar-refractivity contribution in [2.45, 2.75) is 56.9 Å². The Balaban J connectivity index is 1.58. The Labute approximate surface area is 249 Å². The molecule has 13 heteroatoms. The first-order valence-corrected chi connectivity index (χ1v) is 14.3. The molecule has 1 saturated heterocycles. The molecule has 1 aromatic heterocycles. The number of halogens is 3. The molecule has 10 nitrogen and oxygen atoms in total. The summed E-state index contributed by atoms with van der Waals surface area (Å²) in [4.78, 5) is 35.7. The van der Waals surface area contributed by atoms with Crippen molar-refractivity contribution in [1.29, 1.82) is 5.26 Å². The third kappa shape index (κ3) is 8.38. The van der Waals surface area contributed by atoms with Crippen LogP contribution in [0.1, 0.15) is 38.2 Å². The number of hydrogen-bond acceptors (Lipinski definition) is 7. The van der Waals surface area contributed by atoms with Crippen LogP contribution in [0.5, 0.6) is 0 Å². The Morgan fingerprint density at radius 2 is 1.93 bits per heavy atom. The van der Waals surface area contributed by atoms with Crippen LogP contribution in [-0.2, 0) is 4.79 Å². The zero-order chi connectivity index (χ0) is 31.1. The minimum absolute atomic E-state index is 0.0424. The van der Waals surface area contributed by atoms with E-state index in [1.165, 1.54) is 11.1 Å². The summed E-state index contributed by atoms with van der Waals surface area (Å²) in [5, 5.41) is 17.2. The molecule has 2 aliphatic rings. The number of amides is 3. The van der Waals surface area contributed by atoms with E-state index in [1.807, 2.05) is 18.4 Å². The number of carbonyl (C=O) groups is 2. The van der Waals surface area contributed by atoms with Crippen LogP contribution >= 0.6 is 0 Å². The van der Waals surface area contributed by atoms with Gasteiger partial charge in [-0.25, -0.2) is 9.78 Å². The fourth-order valence-electron chi connectivity index (χ4n) is 5.49. The molecule has 0 spiro atoms. The van der Waals surface area contributed by atoms with Gasteiger partial charge in [0.2, 0.25) is 5.91 Å². The zero-order valence-electron chi connectivity index (χ0n) is 24.3. The third-order valence-corrected chi connectivity index (χ3v) is 7.97. The maximum Gasteiger partial charge on any atom is 0.405 e. The molecule has 0 radical (unpaired) electrons. The minimum Gasteiger partial charge on any atom is -0.367 e. The van der Waals surface area contributed by atoms with Gasteiger partial charge in [-0.15, -0.1) is 0 Å². The number of carbonyl (C=O) groups excluding carboxylic acids is 2. The molecule has 230 valence electrons. The molecule has 1 unspecified atom stereocenters. The van der Waals surface area contributed by atoms with Gasteiger partial charge in [0.15, 0.2) is 0 Å². The van der Waals surface area contributed by atoms with Gasteiger partial charge in [-0.05, 0) is 76.1 Å². The van der Waals surface area contributed by atoms with Crippen molar-refractivity contribution < 1.29 is 22.8 Å². The highest BCUT2D eigenvalue weighted by molar-refractivity contribution is 6.02. The molecule has 1 saturated carbocycles. The van der Waals surface area contributed by atoms with Crippen LogP contribution in [0.25, 0.3) is 0 Å². The first-order chi connectivity index (χ1) is 20.5. The van der Waals surface area contributed by atoms with E-state index in [0.717, 1.165) is 24.9 Å². The normalized spacial score (nSPS) is 20.9. The number of nitrogens with one attached hydrogen (secondary N) is 3. The maximum absolute atomic E-state index is 13.3. The van der Waals surface area contributed by atoms with Crippen molar-refractivity contribution in [3.8, 4) is 6.07 Å². The van der Waals surface area contributed by atoms with E-state index in [-0.39, 0.29) is 18.1 Å². The molecule has 2 fully saturated rings. The summed E-state index contributed by atoms with van der Waals surface area (Å²) < 4.78 is 39.2. The van der Waals surface area contributed by atoms with Crippen LogP contribution < -0.4 is 25.8 Å². The molecule has 2 heterocycles. The predicted molar refractivity (Wildman–Crippen MR) is 160 cm³/mol. The zero-order valence-corrected chi connectivity index (χ0v) is 24.3. The maximum atomic E-state index is 13.3. The van der Waals surface area contributed by atoms with E-state index in [0.29, 0.717) is 55.0 Å². The summed E-state index contributed by atoms with van der Waals surface area (Å²) in [7, 11) is 2.05. The quantitative estimate of drug-likeness (QED) is 0.377. The molecule has 3 N–H and O–H groups in total. The monoisotopic (exact) mass is 598 g/mol. The highest BCUT2D eigenvalue weighted by Gasteiger charge is 2.34. The van der Waals surface area contributed by atoms with Gasteiger partial charge < -0.3 is 25.8 Å². The Bertz CT molecular complexity index is 1340. The number of likely N-dealkylation sites (N-methyl/N-ethyl adjacent to an activating group) is 1. The van der Waals surface area contributed by atoms with E-state index in [9.17, 15) is 22.8 Å². The van der Waals surface area contributed by atoms with Gasteiger partial charge in [0.25, 0.3) is 0 Å². The van der Waals surface area contributed by atoms with Gasteiger partial charge in [0.05, 0.1) is 16.9 Å². The number of urea groups is 1. The summed E-state index contributed by atoms with van der Waals surface area (Å²) >= 11 is 0. The number of pyridine rings is 1. The molecule has 1 aromatic carbocycles. The number of benzene rings is 1. The Morgan fingerprint density at radius 1 is 1.19 bits per heavy atom. The number of hydrogen-bond donors (Lipinski definition) is 3. The Kier molecular flexibility index (Phi) is 10.1. The highest BCUT2D eigenvalue weighted by atomic mass is 19.4. The molecular formula is C30H37F3N8O2. The predicted octanol–water partition coefficient (Wildman–Crippen LogP) is 4.72. The summed E-state index contributed by atoms with van der Waals surface area (Å²) in [5.74, 6) is 0.190. The van der Waals surface area contributed by atoms with E-state index in [1.54, 1.807) is 30.3 Å². The molecule has 43 heavy (non-hydrogen) atoms. The number of anilines is 4. The lowest BCUT2D eigenvalue weighted by Gasteiger charge is -2.40. The molecule has 1 atom stereocenters. The molecule has 3 amide bonds. The number of aromatic nitrogens is 1. The van der Waals surface area contributed by atoms with E-state index in [4.69, 9.17) is 5.26 Å². The lowest BCUT2D eigenvalue weighted by Crippen LogP contribution is -2.51. The smallest absolute Gasteiger partial charge is 0.367 e. The molecule has 1 aliphatic carbocycles. The molecule has 1 aliphatic heterocycles. The second-order valence-electron chi connectivity index (χ2n) is 11.0. The third-order valence-electron chi connectivity index (χ3n) is 7.97. The number of rotatable bonds is 8. The number of nitriles is 1. The summed E-state index contributed by atoms with van der Waals surface area (Å²) in [6, 6.07) is 9.68. The Morgan fingerprint density at radius 3 is 2.53 bits per heavy atom. The van der Waals surface area contributed by atoms with Crippen molar-refractivity contribution >= 4 is 34.8 Å². The van der Waals surface area contributed by atoms with Crippen LogP contribution in [0.15, 0.2) is 49.2 Å². The van der Waals surface area contributed by atoms with Crippen LogP contribution in [0, 0.1) is 11.3 Å². The van der Waals surface area contributed by atoms with Gasteiger partial charge >= 0.3 is 12.2 Å². The van der Waals surface area contributed by atoms with Crippen molar-refractivity contribution in [2.75, 3.05) is 53.7 Å². The minimum atomic E-state index is -4.57. The fourth-order valence-corrected chi connectivity index (χ4v) is 5.49. The van der Waals surface area contributed by atoms with Gasteiger partial charge in [0, 0.05) is 49.6 Å². The number of alkyl halides is 3. The fraction of sp³-hybridized carbons (Fsp3) is 0.467. The van der Waals surface area contributed by atoms with Gasteiger partial charge in [-0.1, -0.05) is 6.58 Å². The summed E-state index contributed by atoms with van der Waals surface area (Å²) in [5.41, 5.74) is 2.05. The van der Waals surface area contributed by atoms with Gasteiger partial charge in [0.1, 0.15) is 18.4 Å². The number of piperazine rings is 1. The average Bonchev–Trinajstić information content (AvgIpc) is 2.98. The molecular weight excluding hydrogens is 561 g/mol. The van der Waals surface area contributed by atoms with E-state index < -0.39 is 24.7 Å². The highest BCUT2D eigenvalue weighted by Crippen LogP contribution is 2.36. The van der Waals surface area contributed by atoms with Gasteiger partial charge in [-0.2, -0.15) is 18.4 Å². The largest absolute Gasteiger partial charge is 0.405 e. The van der Waals surface area contributed by atoms with Crippen LogP contribution in [-0.4, -0.2) is 79.4 Å². The average molecular weight is 599 g/mol. The molecule has 0 bridgehead atoms. The van der Waals surface area contributed by atoms with Crippen LogP contribution in [0.4, 0.5) is 40.8 Å². The van der Waals surface area contributed by atoms with Crippen molar-refractivity contribution in [1.82, 2.24) is 15.2 Å². The molecule has 2 aromatic rings. The van der Waals surface area contributed by atoms with E-state index in [2.05, 4.69) is 38.9 Å². The summed E-state index contributed by atoms with van der Waals surface area (Å²) in [6.07, 6.45) is 0.407. The SMILES string of the molecule is C=CC(=O)Nc1cc(N(C(=O)NCC(F)(F)F)C2CCC(Nc3ccc(C#N)cn3)CC2)ccc1N1CCN(C)C(C)C1. The first kappa shape index (κ1) is 31.6.